The van der Waals surface area contributed by atoms with Crippen molar-refractivity contribution in [3.63, 3.8) is 0 Å². The molecule has 2 aliphatic heterocycles. The third-order valence-electron chi connectivity index (χ3n) is 4.46. The molecule has 2 atom stereocenters. The molecule has 0 radical (unpaired) electrons. The molecule has 1 N–H and O–H groups in total. The maximum atomic E-state index is 5.81. The van der Waals surface area contributed by atoms with Crippen LogP contribution in [0.4, 0.5) is 0 Å². The van der Waals surface area contributed by atoms with Gasteiger partial charge in [-0.1, -0.05) is 5.16 Å². The first-order valence-corrected chi connectivity index (χ1v) is 8.11. The number of nitrogens with one attached hydrogen (secondary N) is 1. The van der Waals surface area contributed by atoms with Gasteiger partial charge in [0, 0.05) is 25.6 Å². The van der Waals surface area contributed by atoms with Crippen molar-refractivity contribution in [3.8, 4) is 0 Å². The third-order valence-corrected chi connectivity index (χ3v) is 4.46. The monoisotopic (exact) mass is 294 g/mol. The van der Waals surface area contributed by atoms with Crippen LogP contribution in [0.25, 0.3) is 0 Å². The number of aromatic nitrogens is 2. The second-order valence-corrected chi connectivity index (χ2v) is 6.41. The van der Waals surface area contributed by atoms with Crippen molar-refractivity contribution >= 4 is 0 Å². The molecule has 0 spiro atoms. The van der Waals surface area contributed by atoms with Crippen LogP contribution in [0, 0.1) is 5.92 Å². The van der Waals surface area contributed by atoms with Crippen LogP contribution in [0.5, 0.6) is 0 Å². The van der Waals surface area contributed by atoms with E-state index in [1.165, 1.54) is 12.8 Å². The average Bonchev–Trinajstić information content (AvgIpc) is 2.97. The quantitative estimate of drug-likeness (QED) is 0.905. The van der Waals surface area contributed by atoms with Gasteiger partial charge in [-0.25, -0.2) is 0 Å². The summed E-state index contributed by atoms with van der Waals surface area (Å²) in [4.78, 5) is 6.96. The van der Waals surface area contributed by atoms with Gasteiger partial charge in [-0.05, 0) is 45.7 Å². The minimum absolute atomic E-state index is 0.0527. The van der Waals surface area contributed by atoms with Crippen molar-refractivity contribution in [1.29, 1.82) is 0 Å². The van der Waals surface area contributed by atoms with Gasteiger partial charge in [0.1, 0.15) is 6.10 Å². The lowest BCUT2D eigenvalue weighted by Crippen LogP contribution is -2.42. The topological polar surface area (TPSA) is 63.4 Å². The molecular formula is C15H26N4O2. The van der Waals surface area contributed by atoms with E-state index in [1.807, 2.05) is 0 Å². The molecule has 1 aromatic heterocycles. The summed E-state index contributed by atoms with van der Waals surface area (Å²) >= 11 is 0. The van der Waals surface area contributed by atoms with Crippen molar-refractivity contribution < 1.29 is 9.26 Å². The summed E-state index contributed by atoms with van der Waals surface area (Å²) in [6, 6.07) is 0.524. The Bertz CT molecular complexity index is 443. The van der Waals surface area contributed by atoms with Crippen LogP contribution >= 0.6 is 0 Å². The van der Waals surface area contributed by atoms with E-state index in [9.17, 15) is 0 Å². The van der Waals surface area contributed by atoms with Crippen molar-refractivity contribution in [1.82, 2.24) is 20.4 Å². The van der Waals surface area contributed by atoms with Crippen molar-refractivity contribution in [3.05, 3.63) is 11.7 Å². The number of hydrogen-bond acceptors (Lipinski definition) is 6. The molecule has 2 aliphatic rings. The maximum absolute atomic E-state index is 5.81. The summed E-state index contributed by atoms with van der Waals surface area (Å²) in [6.07, 6.45) is 3.30. The fraction of sp³-hybridized carbons (Fsp3) is 0.867. The van der Waals surface area contributed by atoms with E-state index in [-0.39, 0.29) is 6.10 Å². The fourth-order valence-corrected chi connectivity index (χ4v) is 3.12. The normalized spacial score (nSPS) is 28.1. The molecule has 2 fully saturated rings. The molecule has 6 heteroatoms. The molecule has 2 unspecified atom stereocenters. The van der Waals surface area contributed by atoms with Gasteiger partial charge >= 0.3 is 0 Å². The standard InChI is InChI=1S/C15H26N4O2/c1-11(2)19-6-7-20-13(10-19)15-17-14(21-18-15)8-12-4-3-5-16-9-12/h11-13,16H,3-10H2,1-2H3. The Morgan fingerprint density at radius 1 is 1.43 bits per heavy atom. The summed E-state index contributed by atoms with van der Waals surface area (Å²) in [5.74, 6) is 2.08. The number of hydrogen-bond donors (Lipinski definition) is 1. The van der Waals surface area contributed by atoms with Gasteiger partial charge in [0.25, 0.3) is 0 Å². The lowest BCUT2D eigenvalue weighted by molar-refractivity contribution is -0.0450. The molecule has 0 saturated carbocycles. The van der Waals surface area contributed by atoms with E-state index < -0.39 is 0 Å². The first-order chi connectivity index (χ1) is 10.2. The van der Waals surface area contributed by atoms with Crippen LogP contribution in [0.2, 0.25) is 0 Å². The van der Waals surface area contributed by atoms with E-state index >= 15 is 0 Å². The lowest BCUT2D eigenvalue weighted by Gasteiger charge is -2.34. The van der Waals surface area contributed by atoms with Gasteiger partial charge in [0.2, 0.25) is 11.7 Å². The van der Waals surface area contributed by atoms with E-state index in [2.05, 4.69) is 34.2 Å². The fourth-order valence-electron chi connectivity index (χ4n) is 3.12. The molecule has 2 saturated heterocycles. The van der Waals surface area contributed by atoms with E-state index in [4.69, 9.17) is 9.26 Å². The molecule has 0 amide bonds. The first kappa shape index (κ1) is 14.9. The molecule has 1 aromatic rings. The summed E-state index contributed by atoms with van der Waals surface area (Å²) in [5, 5.41) is 7.56. The van der Waals surface area contributed by atoms with Crippen LogP contribution in [-0.4, -0.2) is 53.9 Å². The number of piperidine rings is 1. The smallest absolute Gasteiger partial charge is 0.227 e. The zero-order valence-corrected chi connectivity index (χ0v) is 13.0. The van der Waals surface area contributed by atoms with E-state index in [0.29, 0.717) is 17.8 Å². The zero-order valence-electron chi connectivity index (χ0n) is 13.0. The molecule has 0 aromatic carbocycles. The Labute approximate surface area is 126 Å². The van der Waals surface area contributed by atoms with E-state index in [1.54, 1.807) is 0 Å². The third kappa shape index (κ3) is 3.81. The van der Waals surface area contributed by atoms with Gasteiger partial charge in [-0.15, -0.1) is 0 Å². The number of ether oxygens (including phenoxy) is 1. The number of rotatable bonds is 4. The Hall–Kier alpha value is -0.980. The van der Waals surface area contributed by atoms with Crippen LogP contribution < -0.4 is 5.32 Å². The highest BCUT2D eigenvalue weighted by atomic mass is 16.5. The van der Waals surface area contributed by atoms with Crippen LogP contribution in [0.3, 0.4) is 0 Å². The number of nitrogens with zero attached hydrogens (tertiary/aromatic N) is 3. The van der Waals surface area contributed by atoms with Crippen molar-refractivity contribution in [2.45, 2.75) is 45.3 Å². The van der Waals surface area contributed by atoms with Gasteiger partial charge in [-0.3, -0.25) is 4.90 Å². The minimum atomic E-state index is -0.0527. The Morgan fingerprint density at radius 2 is 2.33 bits per heavy atom. The Morgan fingerprint density at radius 3 is 3.10 bits per heavy atom. The SMILES string of the molecule is CC(C)N1CCOC(c2noc(CC3CCCNC3)n2)C1. The second kappa shape index (κ2) is 6.85. The highest BCUT2D eigenvalue weighted by Crippen LogP contribution is 2.22. The summed E-state index contributed by atoms with van der Waals surface area (Å²) in [7, 11) is 0. The van der Waals surface area contributed by atoms with Crippen LogP contribution in [0.15, 0.2) is 4.52 Å². The molecule has 3 rings (SSSR count). The molecule has 21 heavy (non-hydrogen) atoms. The summed E-state index contributed by atoms with van der Waals surface area (Å²) in [6.45, 7) is 9.17. The van der Waals surface area contributed by atoms with Crippen molar-refractivity contribution in [2.24, 2.45) is 5.92 Å². The lowest BCUT2D eigenvalue weighted by atomic mass is 9.96. The van der Waals surface area contributed by atoms with Crippen LogP contribution in [-0.2, 0) is 11.2 Å². The minimum Gasteiger partial charge on any atom is -0.367 e. The number of morpholine rings is 1. The average molecular weight is 294 g/mol. The molecule has 0 aliphatic carbocycles. The van der Waals surface area contributed by atoms with Crippen molar-refractivity contribution in [2.75, 3.05) is 32.8 Å². The summed E-state index contributed by atoms with van der Waals surface area (Å²) < 4.78 is 11.2. The molecule has 6 nitrogen and oxygen atoms in total. The van der Waals surface area contributed by atoms with Crippen LogP contribution in [0.1, 0.15) is 44.5 Å². The molecular weight excluding hydrogens is 268 g/mol. The first-order valence-electron chi connectivity index (χ1n) is 8.11. The molecule has 0 bridgehead atoms. The second-order valence-electron chi connectivity index (χ2n) is 6.41. The Kier molecular flexibility index (Phi) is 4.87. The Balaban J connectivity index is 1.58. The maximum Gasteiger partial charge on any atom is 0.227 e. The predicted molar refractivity (Wildman–Crippen MR) is 79.0 cm³/mol. The highest BCUT2D eigenvalue weighted by Gasteiger charge is 2.28. The van der Waals surface area contributed by atoms with Gasteiger partial charge in [0.05, 0.1) is 6.61 Å². The summed E-state index contributed by atoms with van der Waals surface area (Å²) in [5.41, 5.74) is 0. The predicted octanol–water partition coefficient (Wildman–Crippen LogP) is 1.39. The van der Waals surface area contributed by atoms with Gasteiger partial charge in [0.15, 0.2) is 0 Å². The molecule has 3 heterocycles. The van der Waals surface area contributed by atoms with Gasteiger partial charge < -0.3 is 14.6 Å². The highest BCUT2D eigenvalue weighted by molar-refractivity contribution is 4.95. The van der Waals surface area contributed by atoms with Gasteiger partial charge in [-0.2, -0.15) is 4.98 Å². The molecule has 118 valence electrons. The largest absolute Gasteiger partial charge is 0.367 e. The zero-order chi connectivity index (χ0) is 14.7. The van der Waals surface area contributed by atoms with E-state index in [0.717, 1.165) is 45.1 Å².